The molecule has 6 rings (SSSR count). The Bertz CT molecular complexity index is 735. The molecule has 3 unspecified atom stereocenters. The van der Waals surface area contributed by atoms with Crippen LogP contribution in [0, 0.1) is 17.3 Å². The van der Waals surface area contributed by atoms with E-state index in [1.807, 2.05) is 25.1 Å². The van der Waals surface area contributed by atoms with Gasteiger partial charge in [0.05, 0.1) is 11.5 Å². The number of ether oxygens (including phenoxy) is 2. The van der Waals surface area contributed by atoms with Gasteiger partial charge in [0.15, 0.2) is 11.5 Å². The highest BCUT2D eigenvalue weighted by molar-refractivity contribution is 6.24. The van der Waals surface area contributed by atoms with E-state index in [9.17, 15) is 4.79 Å². The third kappa shape index (κ3) is 2.69. The van der Waals surface area contributed by atoms with E-state index in [4.69, 9.17) is 21.1 Å². The second kappa shape index (κ2) is 5.79. The number of halogens is 1. The number of fused-ring (bicyclic) bond motifs is 1. The van der Waals surface area contributed by atoms with Gasteiger partial charge in [0.1, 0.15) is 13.2 Å². The monoisotopic (exact) mass is 375 g/mol. The zero-order valence-corrected chi connectivity index (χ0v) is 16.0. The normalized spacial score (nSPS) is 38.1. The van der Waals surface area contributed by atoms with Crippen LogP contribution < -0.4 is 14.8 Å². The molecule has 140 valence electrons. The first-order valence-electron chi connectivity index (χ1n) is 9.84. The lowest BCUT2D eigenvalue weighted by molar-refractivity contribution is -0.145. The Morgan fingerprint density at radius 2 is 1.85 bits per heavy atom. The van der Waals surface area contributed by atoms with E-state index >= 15 is 0 Å². The van der Waals surface area contributed by atoms with Crippen molar-refractivity contribution in [1.29, 1.82) is 0 Å². The van der Waals surface area contributed by atoms with Crippen molar-refractivity contribution in [3.63, 3.8) is 0 Å². The Morgan fingerprint density at radius 1 is 1.15 bits per heavy atom. The van der Waals surface area contributed by atoms with E-state index in [0.29, 0.717) is 25.0 Å². The summed E-state index contributed by atoms with van der Waals surface area (Å²) in [7, 11) is 0. The number of carbonyl (C=O) groups excluding carboxylic acids is 1. The molecular weight excluding hydrogens is 350 g/mol. The van der Waals surface area contributed by atoms with Crippen LogP contribution in [0.1, 0.15) is 57.1 Å². The van der Waals surface area contributed by atoms with Crippen LogP contribution in [-0.4, -0.2) is 24.0 Å². The maximum atomic E-state index is 13.3. The van der Waals surface area contributed by atoms with E-state index in [2.05, 4.69) is 5.32 Å². The van der Waals surface area contributed by atoms with Gasteiger partial charge in [0.25, 0.3) is 0 Å². The molecule has 1 N–H and O–H groups in total. The Hall–Kier alpha value is -1.42. The Kier molecular flexibility index (Phi) is 3.72. The predicted molar refractivity (Wildman–Crippen MR) is 99.7 cm³/mol. The summed E-state index contributed by atoms with van der Waals surface area (Å²) in [5.74, 6) is 3.00. The van der Waals surface area contributed by atoms with Crippen LogP contribution in [0.3, 0.4) is 0 Å². The number of nitrogens with one attached hydrogen (secondary N) is 1. The molecule has 1 aromatic rings. The topological polar surface area (TPSA) is 47.6 Å². The Morgan fingerprint density at radius 3 is 2.54 bits per heavy atom. The zero-order chi connectivity index (χ0) is 17.9. The molecule has 1 amide bonds. The summed E-state index contributed by atoms with van der Waals surface area (Å²) in [6.45, 7) is 3.20. The summed E-state index contributed by atoms with van der Waals surface area (Å²) in [6, 6.07) is 5.88. The van der Waals surface area contributed by atoms with Gasteiger partial charge < -0.3 is 14.8 Å². The molecule has 4 aliphatic carbocycles. The van der Waals surface area contributed by atoms with E-state index in [0.717, 1.165) is 49.2 Å². The van der Waals surface area contributed by atoms with Gasteiger partial charge in [-0.25, -0.2) is 0 Å². The fraction of sp³-hybridized carbons (Fsp3) is 0.667. The molecule has 0 saturated heterocycles. The average Bonchev–Trinajstić information content (AvgIpc) is 2.59. The minimum Gasteiger partial charge on any atom is -0.486 e. The van der Waals surface area contributed by atoms with Gasteiger partial charge in [-0.2, -0.15) is 0 Å². The fourth-order valence-electron chi connectivity index (χ4n) is 6.18. The summed E-state index contributed by atoms with van der Waals surface area (Å²) in [4.78, 5) is 13.1. The molecule has 4 saturated carbocycles. The van der Waals surface area contributed by atoms with Crippen molar-refractivity contribution in [2.45, 2.75) is 56.4 Å². The number of hydrogen-bond acceptors (Lipinski definition) is 3. The minimum absolute atomic E-state index is 0.0578. The number of hydrogen-bond donors (Lipinski definition) is 1. The molecule has 1 aliphatic heterocycles. The van der Waals surface area contributed by atoms with Crippen molar-refractivity contribution < 1.29 is 14.3 Å². The minimum atomic E-state index is -0.256. The molecule has 4 nitrogen and oxygen atoms in total. The molecule has 1 heterocycles. The van der Waals surface area contributed by atoms with Crippen molar-refractivity contribution in [2.24, 2.45) is 17.3 Å². The first-order chi connectivity index (χ1) is 12.4. The quantitative estimate of drug-likeness (QED) is 0.805. The molecule has 0 aromatic heterocycles. The van der Waals surface area contributed by atoms with Gasteiger partial charge in [0, 0.05) is 4.87 Å². The number of rotatable bonds is 3. The van der Waals surface area contributed by atoms with Crippen LogP contribution >= 0.6 is 11.6 Å². The summed E-state index contributed by atoms with van der Waals surface area (Å²) in [5.41, 5.74) is 0.793. The predicted octanol–water partition coefficient (Wildman–Crippen LogP) is 4.21. The SMILES string of the molecule is CC(NC(=O)C12CC3CC(CC(Cl)(C3)C1)C2)c1ccc2c(c1)OCCO2. The van der Waals surface area contributed by atoms with Crippen LogP contribution in [0.2, 0.25) is 0 Å². The van der Waals surface area contributed by atoms with Gasteiger partial charge >= 0.3 is 0 Å². The van der Waals surface area contributed by atoms with Crippen molar-refractivity contribution in [2.75, 3.05) is 13.2 Å². The average molecular weight is 376 g/mol. The number of carbonyl (C=O) groups is 1. The van der Waals surface area contributed by atoms with Gasteiger partial charge in [-0.15, -0.1) is 11.6 Å². The lowest BCUT2D eigenvalue weighted by Gasteiger charge is -2.59. The molecule has 26 heavy (non-hydrogen) atoms. The molecule has 4 fully saturated rings. The second-order valence-corrected chi connectivity index (χ2v) is 9.79. The van der Waals surface area contributed by atoms with Crippen molar-refractivity contribution in [3.05, 3.63) is 23.8 Å². The largest absolute Gasteiger partial charge is 0.486 e. The Labute approximate surface area is 159 Å². The van der Waals surface area contributed by atoms with Gasteiger partial charge in [-0.05, 0) is 75.0 Å². The van der Waals surface area contributed by atoms with Gasteiger partial charge in [0.2, 0.25) is 5.91 Å². The summed E-state index contributed by atoms with van der Waals surface area (Å²) in [5, 5.41) is 3.28. The molecule has 0 spiro atoms. The summed E-state index contributed by atoms with van der Waals surface area (Å²) < 4.78 is 11.3. The van der Waals surface area contributed by atoms with Gasteiger partial charge in [-0.3, -0.25) is 4.79 Å². The van der Waals surface area contributed by atoms with E-state index < -0.39 is 0 Å². The molecule has 3 atom stereocenters. The molecule has 1 aromatic carbocycles. The molecule has 5 aliphatic rings. The molecule has 5 heteroatoms. The van der Waals surface area contributed by atoms with Crippen molar-refractivity contribution in [1.82, 2.24) is 5.32 Å². The third-order valence-electron chi connectivity index (χ3n) is 6.89. The molecular formula is C21H26ClNO3. The fourth-order valence-corrected chi connectivity index (χ4v) is 6.87. The first-order valence-corrected chi connectivity index (χ1v) is 10.2. The zero-order valence-electron chi connectivity index (χ0n) is 15.2. The number of alkyl halides is 1. The standard InChI is InChI=1S/C21H26ClNO3/c1-13(16-2-3-17-18(7-16)26-5-4-25-17)23-19(24)20-8-14-6-15(9-20)11-21(22,10-14)12-20/h2-3,7,13-15H,4-6,8-12H2,1H3,(H,23,24). The van der Waals surface area contributed by atoms with Crippen LogP contribution in [-0.2, 0) is 4.79 Å². The number of benzene rings is 1. The number of amides is 1. The maximum Gasteiger partial charge on any atom is 0.226 e. The third-order valence-corrected chi connectivity index (χ3v) is 7.33. The summed E-state index contributed by atoms with van der Waals surface area (Å²) >= 11 is 6.89. The first kappa shape index (κ1) is 16.7. The van der Waals surface area contributed by atoms with E-state index in [1.54, 1.807) is 0 Å². The molecule has 4 bridgehead atoms. The molecule has 0 radical (unpaired) electrons. The van der Waals surface area contributed by atoms with Crippen LogP contribution in [0.25, 0.3) is 0 Å². The van der Waals surface area contributed by atoms with Gasteiger partial charge in [-0.1, -0.05) is 6.07 Å². The highest BCUT2D eigenvalue weighted by atomic mass is 35.5. The lowest BCUT2D eigenvalue weighted by atomic mass is 9.49. The van der Waals surface area contributed by atoms with E-state index in [-0.39, 0.29) is 22.2 Å². The van der Waals surface area contributed by atoms with E-state index in [1.165, 1.54) is 6.42 Å². The Balaban J connectivity index is 1.34. The van der Waals surface area contributed by atoms with Crippen LogP contribution in [0.15, 0.2) is 18.2 Å². The van der Waals surface area contributed by atoms with Crippen LogP contribution in [0.5, 0.6) is 11.5 Å². The second-order valence-electron chi connectivity index (χ2n) is 8.99. The maximum absolute atomic E-state index is 13.3. The lowest BCUT2D eigenvalue weighted by Crippen LogP contribution is -2.58. The van der Waals surface area contributed by atoms with Crippen molar-refractivity contribution in [3.8, 4) is 11.5 Å². The highest BCUT2D eigenvalue weighted by Gasteiger charge is 2.60. The van der Waals surface area contributed by atoms with Crippen molar-refractivity contribution >= 4 is 17.5 Å². The van der Waals surface area contributed by atoms with Crippen LogP contribution in [0.4, 0.5) is 0 Å². The smallest absolute Gasteiger partial charge is 0.226 e. The highest BCUT2D eigenvalue weighted by Crippen LogP contribution is 2.63. The summed E-state index contributed by atoms with van der Waals surface area (Å²) in [6.07, 6.45) is 6.32.